The van der Waals surface area contributed by atoms with Crippen LogP contribution in [0.1, 0.15) is 32.0 Å². The van der Waals surface area contributed by atoms with Crippen molar-refractivity contribution in [2.45, 2.75) is 26.3 Å². The van der Waals surface area contributed by atoms with Crippen LogP contribution in [0.2, 0.25) is 0 Å². The molecule has 0 saturated heterocycles. The van der Waals surface area contributed by atoms with Crippen molar-refractivity contribution in [1.29, 1.82) is 0 Å². The summed E-state index contributed by atoms with van der Waals surface area (Å²) < 4.78 is 1.70. The van der Waals surface area contributed by atoms with Gasteiger partial charge in [0.05, 0.1) is 18.2 Å². The number of halogens is 2. The molecule has 0 saturated carbocycles. The highest BCUT2D eigenvalue weighted by atomic mass is 79.9. The average molecular weight is 380 g/mol. The molecule has 100 valence electrons. The van der Waals surface area contributed by atoms with E-state index in [9.17, 15) is 4.79 Å². The Bertz CT molecular complexity index is 423. The van der Waals surface area contributed by atoms with Crippen LogP contribution in [0.25, 0.3) is 0 Å². The van der Waals surface area contributed by atoms with E-state index in [1.165, 1.54) is 0 Å². The van der Waals surface area contributed by atoms with Crippen molar-refractivity contribution < 1.29 is 9.90 Å². The molecule has 1 aromatic rings. The minimum absolute atomic E-state index is 0.0505. The van der Waals surface area contributed by atoms with E-state index in [4.69, 9.17) is 5.11 Å². The second-order valence-electron chi connectivity index (χ2n) is 3.86. The summed E-state index contributed by atoms with van der Waals surface area (Å²) in [4.78, 5) is 17.5. The minimum atomic E-state index is -0.816. The first-order valence-electron chi connectivity index (χ1n) is 5.76. The fraction of sp³-hybridized carbons (Fsp3) is 0.500. The number of pyridine rings is 1. The van der Waals surface area contributed by atoms with Crippen LogP contribution in [-0.2, 0) is 4.79 Å². The van der Waals surface area contributed by atoms with E-state index >= 15 is 0 Å². The van der Waals surface area contributed by atoms with Gasteiger partial charge in [0.15, 0.2) is 0 Å². The van der Waals surface area contributed by atoms with E-state index in [0.717, 1.165) is 27.7 Å². The Morgan fingerprint density at radius 3 is 2.50 bits per heavy atom. The first kappa shape index (κ1) is 15.6. The van der Waals surface area contributed by atoms with Crippen LogP contribution in [0.3, 0.4) is 0 Å². The van der Waals surface area contributed by atoms with Crippen molar-refractivity contribution in [2.24, 2.45) is 0 Å². The number of rotatable bonds is 6. The second-order valence-corrected chi connectivity index (χ2v) is 5.63. The molecule has 0 aromatic carbocycles. The Morgan fingerprint density at radius 2 is 2.06 bits per heavy atom. The molecule has 1 rings (SSSR count). The Hall–Kier alpha value is -0.460. The van der Waals surface area contributed by atoms with Gasteiger partial charge in [-0.25, -0.2) is 0 Å². The largest absolute Gasteiger partial charge is 0.481 e. The van der Waals surface area contributed by atoms with Crippen molar-refractivity contribution in [3.63, 3.8) is 0 Å². The van der Waals surface area contributed by atoms with Gasteiger partial charge >= 0.3 is 5.97 Å². The smallest absolute Gasteiger partial charge is 0.305 e. The van der Waals surface area contributed by atoms with Crippen LogP contribution in [0.4, 0.5) is 0 Å². The molecule has 0 bridgehead atoms. The van der Waals surface area contributed by atoms with E-state index in [1.807, 2.05) is 19.9 Å². The summed E-state index contributed by atoms with van der Waals surface area (Å²) in [6, 6.07) is 1.68. The highest BCUT2D eigenvalue weighted by Gasteiger charge is 2.24. The van der Waals surface area contributed by atoms with E-state index in [2.05, 4.69) is 41.7 Å². The maximum absolute atomic E-state index is 11.0. The first-order chi connectivity index (χ1) is 8.49. The third kappa shape index (κ3) is 4.03. The molecule has 4 nitrogen and oxygen atoms in total. The molecular weight excluding hydrogens is 364 g/mol. The molecule has 0 amide bonds. The van der Waals surface area contributed by atoms with E-state index in [1.54, 1.807) is 6.20 Å². The van der Waals surface area contributed by atoms with Gasteiger partial charge in [0, 0.05) is 15.1 Å². The van der Waals surface area contributed by atoms with Crippen LogP contribution in [0, 0.1) is 0 Å². The lowest BCUT2D eigenvalue weighted by molar-refractivity contribution is -0.138. The van der Waals surface area contributed by atoms with Gasteiger partial charge in [0.2, 0.25) is 0 Å². The topological polar surface area (TPSA) is 53.4 Å². The van der Waals surface area contributed by atoms with Gasteiger partial charge in [-0.3, -0.25) is 14.7 Å². The number of nitrogens with zero attached hydrogens (tertiary/aromatic N) is 2. The van der Waals surface area contributed by atoms with Crippen molar-refractivity contribution >= 4 is 37.8 Å². The van der Waals surface area contributed by atoms with E-state index < -0.39 is 5.97 Å². The molecule has 0 aliphatic rings. The monoisotopic (exact) mass is 378 g/mol. The lowest BCUT2D eigenvalue weighted by Crippen LogP contribution is -2.31. The molecule has 6 heteroatoms. The van der Waals surface area contributed by atoms with Crippen molar-refractivity contribution in [2.75, 3.05) is 13.1 Å². The van der Waals surface area contributed by atoms with Crippen LogP contribution >= 0.6 is 31.9 Å². The summed E-state index contributed by atoms with van der Waals surface area (Å²) in [5.74, 6) is -0.816. The maximum Gasteiger partial charge on any atom is 0.305 e. The van der Waals surface area contributed by atoms with Gasteiger partial charge in [0.1, 0.15) is 0 Å². The van der Waals surface area contributed by atoms with Gasteiger partial charge in [-0.1, -0.05) is 13.8 Å². The fourth-order valence-electron chi connectivity index (χ4n) is 1.90. The van der Waals surface area contributed by atoms with Gasteiger partial charge in [-0.15, -0.1) is 0 Å². The quantitative estimate of drug-likeness (QED) is 0.822. The van der Waals surface area contributed by atoms with Gasteiger partial charge in [-0.2, -0.15) is 0 Å². The molecule has 1 unspecified atom stereocenters. The van der Waals surface area contributed by atoms with Gasteiger partial charge in [-0.05, 0) is 51.0 Å². The predicted octanol–water partition coefficient (Wildman–Crippen LogP) is 3.46. The second kappa shape index (κ2) is 7.21. The number of carboxylic acid groups (broad SMARTS) is 1. The van der Waals surface area contributed by atoms with Gasteiger partial charge in [0.25, 0.3) is 0 Å². The Labute approximate surface area is 124 Å². The number of aliphatic carboxylic acids is 1. The van der Waals surface area contributed by atoms with Crippen LogP contribution in [0.15, 0.2) is 21.2 Å². The predicted molar refractivity (Wildman–Crippen MR) is 77.6 cm³/mol. The fourth-order valence-corrected chi connectivity index (χ4v) is 3.15. The van der Waals surface area contributed by atoms with Crippen LogP contribution in [-0.4, -0.2) is 34.0 Å². The zero-order chi connectivity index (χ0) is 13.7. The van der Waals surface area contributed by atoms with Crippen LogP contribution in [0.5, 0.6) is 0 Å². The lowest BCUT2D eigenvalue weighted by Gasteiger charge is -2.28. The Morgan fingerprint density at radius 1 is 1.44 bits per heavy atom. The molecule has 0 radical (unpaired) electrons. The summed E-state index contributed by atoms with van der Waals surface area (Å²) in [5, 5.41) is 9.05. The van der Waals surface area contributed by atoms with E-state index in [0.29, 0.717) is 0 Å². The molecule has 0 spiro atoms. The van der Waals surface area contributed by atoms with Crippen LogP contribution < -0.4 is 0 Å². The number of aromatic nitrogens is 1. The van der Waals surface area contributed by atoms with Crippen molar-refractivity contribution in [1.82, 2.24) is 9.88 Å². The minimum Gasteiger partial charge on any atom is -0.481 e. The Balaban J connectivity index is 3.11. The average Bonchev–Trinajstić information content (AvgIpc) is 2.29. The summed E-state index contributed by atoms with van der Waals surface area (Å²) >= 11 is 6.80. The molecule has 1 atom stereocenters. The number of carbonyl (C=O) groups is 1. The standard InChI is InChI=1S/C12H16Br2N2O2/c1-3-16(4-2)10(6-11(17)18)12-9(14)5-8(13)7-15-12/h5,7,10H,3-4,6H2,1-2H3,(H,17,18). The third-order valence-electron chi connectivity index (χ3n) is 2.77. The molecule has 1 heterocycles. The Kier molecular flexibility index (Phi) is 6.25. The third-order valence-corrected chi connectivity index (χ3v) is 3.84. The summed E-state index contributed by atoms with van der Waals surface area (Å²) in [5.41, 5.74) is 0.768. The SMILES string of the molecule is CCN(CC)C(CC(=O)O)c1ncc(Br)cc1Br. The summed E-state index contributed by atoms with van der Waals surface area (Å²) in [6.07, 6.45) is 1.74. The normalized spacial score (nSPS) is 12.7. The van der Waals surface area contributed by atoms with Crippen molar-refractivity contribution in [3.8, 4) is 0 Å². The highest BCUT2D eigenvalue weighted by molar-refractivity contribution is 9.11. The number of hydrogen-bond acceptors (Lipinski definition) is 3. The summed E-state index contributed by atoms with van der Waals surface area (Å²) in [7, 11) is 0. The molecule has 0 aliphatic heterocycles. The molecule has 1 N–H and O–H groups in total. The molecular formula is C12H16Br2N2O2. The summed E-state index contributed by atoms with van der Waals surface area (Å²) in [6.45, 7) is 5.62. The first-order valence-corrected chi connectivity index (χ1v) is 7.34. The number of hydrogen-bond donors (Lipinski definition) is 1. The van der Waals surface area contributed by atoms with Gasteiger partial charge < -0.3 is 5.11 Å². The molecule has 0 aliphatic carbocycles. The van der Waals surface area contributed by atoms with Crippen molar-refractivity contribution in [3.05, 3.63) is 26.9 Å². The number of carboxylic acids is 1. The maximum atomic E-state index is 11.0. The molecule has 1 aromatic heterocycles. The molecule has 0 fully saturated rings. The highest BCUT2D eigenvalue weighted by Crippen LogP contribution is 2.30. The zero-order valence-corrected chi connectivity index (χ0v) is 13.5. The molecule has 18 heavy (non-hydrogen) atoms. The van der Waals surface area contributed by atoms with E-state index in [-0.39, 0.29) is 12.5 Å². The lowest BCUT2D eigenvalue weighted by atomic mass is 10.1. The zero-order valence-electron chi connectivity index (χ0n) is 10.4.